The summed E-state index contributed by atoms with van der Waals surface area (Å²) in [4.78, 5) is 25.3. The standard InChI is InChI=1S/C27H28FN7O/c1-18(36)30-21-12-14-33(17-21)26-9-3-7-22(31-26)24-16-29-25-10-11-27(32-35(24)25)34-13-4-8-23(34)19-5-2-6-20(28)15-19/h2-3,5-7,9-11,15-16,21,23H,4,8,12-14,17H2,1H3,(H,30,36)/t21-,23-/m1/s1. The van der Waals surface area contributed by atoms with Crippen molar-refractivity contribution in [3.05, 3.63) is 72.2 Å². The first-order valence-electron chi connectivity index (χ1n) is 12.4. The first kappa shape index (κ1) is 22.5. The van der Waals surface area contributed by atoms with Crippen LogP contribution in [0.5, 0.6) is 0 Å². The van der Waals surface area contributed by atoms with Crippen molar-refractivity contribution in [1.29, 1.82) is 0 Å². The number of hydrogen-bond acceptors (Lipinski definition) is 6. The summed E-state index contributed by atoms with van der Waals surface area (Å²) in [6.45, 7) is 3.99. The summed E-state index contributed by atoms with van der Waals surface area (Å²) in [5.74, 6) is 1.49. The van der Waals surface area contributed by atoms with Gasteiger partial charge in [-0.15, -0.1) is 5.10 Å². The number of imidazole rings is 1. The Hall–Kier alpha value is -4.01. The van der Waals surface area contributed by atoms with E-state index in [1.807, 2.05) is 40.9 Å². The lowest BCUT2D eigenvalue weighted by Gasteiger charge is -2.26. The zero-order valence-corrected chi connectivity index (χ0v) is 20.1. The van der Waals surface area contributed by atoms with Crippen molar-refractivity contribution >= 4 is 23.2 Å². The Labute approximate surface area is 208 Å². The van der Waals surface area contributed by atoms with E-state index in [1.54, 1.807) is 25.3 Å². The zero-order valence-electron chi connectivity index (χ0n) is 20.1. The Bertz CT molecular complexity index is 1420. The van der Waals surface area contributed by atoms with Crippen LogP contribution in [0.1, 0.15) is 37.8 Å². The number of pyridine rings is 1. The molecular formula is C27H28FN7O. The monoisotopic (exact) mass is 485 g/mol. The Morgan fingerprint density at radius 3 is 2.81 bits per heavy atom. The number of carbonyl (C=O) groups is 1. The maximum Gasteiger partial charge on any atom is 0.217 e. The van der Waals surface area contributed by atoms with E-state index in [0.717, 1.165) is 73.1 Å². The first-order chi connectivity index (χ1) is 17.5. The summed E-state index contributed by atoms with van der Waals surface area (Å²) >= 11 is 0. The minimum absolute atomic E-state index is 0.00573. The van der Waals surface area contributed by atoms with Crippen LogP contribution >= 0.6 is 0 Å². The third-order valence-electron chi connectivity index (χ3n) is 7.05. The van der Waals surface area contributed by atoms with Crippen molar-refractivity contribution in [2.24, 2.45) is 0 Å². The number of hydrogen-bond donors (Lipinski definition) is 1. The summed E-state index contributed by atoms with van der Waals surface area (Å²) in [5.41, 5.74) is 3.32. The minimum atomic E-state index is -0.216. The quantitative estimate of drug-likeness (QED) is 0.461. The fraction of sp³-hybridized carbons (Fsp3) is 0.333. The van der Waals surface area contributed by atoms with Crippen LogP contribution in [0.25, 0.3) is 17.0 Å². The maximum atomic E-state index is 13.9. The van der Waals surface area contributed by atoms with Gasteiger partial charge < -0.3 is 15.1 Å². The topological polar surface area (TPSA) is 78.7 Å². The van der Waals surface area contributed by atoms with Crippen LogP contribution in [0.15, 0.2) is 60.8 Å². The van der Waals surface area contributed by atoms with Gasteiger partial charge in [0.05, 0.1) is 17.9 Å². The second kappa shape index (κ2) is 9.22. The predicted octanol–water partition coefficient (Wildman–Crippen LogP) is 3.99. The molecule has 2 atom stereocenters. The number of nitrogens with zero attached hydrogens (tertiary/aromatic N) is 6. The van der Waals surface area contributed by atoms with E-state index < -0.39 is 0 Å². The fourth-order valence-corrected chi connectivity index (χ4v) is 5.41. The van der Waals surface area contributed by atoms with E-state index in [9.17, 15) is 9.18 Å². The van der Waals surface area contributed by atoms with Crippen molar-refractivity contribution in [2.75, 3.05) is 29.4 Å². The molecule has 0 spiro atoms. The van der Waals surface area contributed by atoms with Gasteiger partial charge in [-0.2, -0.15) is 0 Å². The highest BCUT2D eigenvalue weighted by molar-refractivity contribution is 5.73. The summed E-state index contributed by atoms with van der Waals surface area (Å²) in [5, 5.41) is 7.95. The molecule has 9 heteroatoms. The van der Waals surface area contributed by atoms with Gasteiger partial charge in [-0.25, -0.2) is 18.9 Å². The SMILES string of the molecule is CC(=O)N[C@@H]1CCN(c2cccc(-c3cnc4ccc(N5CCC[C@@H]5c5cccc(F)c5)nn34)n2)C1. The molecule has 2 aliphatic rings. The number of rotatable bonds is 5. The molecule has 1 N–H and O–H groups in total. The van der Waals surface area contributed by atoms with E-state index in [2.05, 4.69) is 20.1 Å². The molecule has 1 aromatic carbocycles. The minimum Gasteiger partial charge on any atom is -0.354 e. The second-order valence-electron chi connectivity index (χ2n) is 9.52. The lowest BCUT2D eigenvalue weighted by Crippen LogP contribution is -2.35. The molecular weight excluding hydrogens is 457 g/mol. The molecule has 5 heterocycles. The maximum absolute atomic E-state index is 13.9. The highest BCUT2D eigenvalue weighted by Crippen LogP contribution is 2.35. The molecule has 4 aromatic rings. The molecule has 0 radical (unpaired) electrons. The average Bonchev–Trinajstić information content (AvgIpc) is 3.63. The van der Waals surface area contributed by atoms with Crippen LogP contribution in [0.4, 0.5) is 16.0 Å². The fourth-order valence-electron chi connectivity index (χ4n) is 5.41. The second-order valence-corrected chi connectivity index (χ2v) is 9.52. The van der Waals surface area contributed by atoms with Crippen LogP contribution in [-0.2, 0) is 4.79 Å². The largest absolute Gasteiger partial charge is 0.354 e. The van der Waals surface area contributed by atoms with Crippen LogP contribution in [0, 0.1) is 5.82 Å². The number of amides is 1. The Morgan fingerprint density at radius 1 is 1.06 bits per heavy atom. The number of aromatic nitrogens is 4. The van der Waals surface area contributed by atoms with Gasteiger partial charge in [-0.3, -0.25) is 4.79 Å². The summed E-state index contributed by atoms with van der Waals surface area (Å²) in [7, 11) is 0. The third-order valence-corrected chi connectivity index (χ3v) is 7.05. The number of fused-ring (bicyclic) bond motifs is 1. The number of carbonyl (C=O) groups excluding carboxylic acids is 1. The van der Waals surface area contributed by atoms with Gasteiger partial charge in [0.25, 0.3) is 0 Å². The smallest absolute Gasteiger partial charge is 0.217 e. The molecule has 6 rings (SSSR count). The molecule has 36 heavy (non-hydrogen) atoms. The van der Waals surface area contributed by atoms with Crippen molar-refractivity contribution in [3.63, 3.8) is 0 Å². The Kier molecular flexibility index (Phi) is 5.75. The average molecular weight is 486 g/mol. The number of halogens is 1. The van der Waals surface area contributed by atoms with E-state index in [1.165, 1.54) is 6.07 Å². The van der Waals surface area contributed by atoms with Crippen LogP contribution in [0.2, 0.25) is 0 Å². The summed E-state index contributed by atoms with van der Waals surface area (Å²) in [6.07, 6.45) is 4.68. The summed E-state index contributed by atoms with van der Waals surface area (Å²) < 4.78 is 15.7. The predicted molar refractivity (Wildman–Crippen MR) is 136 cm³/mol. The van der Waals surface area contributed by atoms with Crippen LogP contribution < -0.4 is 15.1 Å². The summed E-state index contributed by atoms with van der Waals surface area (Å²) in [6, 6.07) is 17.0. The molecule has 2 fully saturated rings. The van der Waals surface area contributed by atoms with Gasteiger partial charge in [0.1, 0.15) is 23.1 Å². The lowest BCUT2D eigenvalue weighted by molar-refractivity contribution is -0.119. The van der Waals surface area contributed by atoms with Gasteiger partial charge in [-0.1, -0.05) is 18.2 Å². The van der Waals surface area contributed by atoms with Crippen LogP contribution in [-0.4, -0.2) is 51.2 Å². The highest BCUT2D eigenvalue weighted by Gasteiger charge is 2.28. The van der Waals surface area contributed by atoms with E-state index in [-0.39, 0.29) is 23.8 Å². The normalized spacial score (nSPS) is 19.8. The molecule has 2 saturated heterocycles. The van der Waals surface area contributed by atoms with Crippen molar-refractivity contribution < 1.29 is 9.18 Å². The van der Waals surface area contributed by atoms with Gasteiger partial charge in [0.15, 0.2) is 5.65 Å². The van der Waals surface area contributed by atoms with Gasteiger partial charge >= 0.3 is 0 Å². The number of nitrogens with one attached hydrogen (secondary N) is 1. The molecule has 8 nitrogen and oxygen atoms in total. The molecule has 3 aromatic heterocycles. The van der Waals surface area contributed by atoms with E-state index in [4.69, 9.17) is 10.1 Å². The van der Waals surface area contributed by atoms with E-state index >= 15 is 0 Å². The van der Waals surface area contributed by atoms with Gasteiger partial charge in [-0.05, 0) is 61.2 Å². The Balaban J connectivity index is 1.30. The molecule has 2 aliphatic heterocycles. The Morgan fingerprint density at radius 2 is 1.94 bits per heavy atom. The number of benzene rings is 1. The molecule has 184 valence electrons. The van der Waals surface area contributed by atoms with E-state index in [0.29, 0.717) is 0 Å². The highest BCUT2D eigenvalue weighted by atomic mass is 19.1. The molecule has 0 unspecified atom stereocenters. The molecule has 0 saturated carbocycles. The lowest BCUT2D eigenvalue weighted by atomic mass is 10.0. The van der Waals surface area contributed by atoms with Crippen LogP contribution in [0.3, 0.4) is 0 Å². The van der Waals surface area contributed by atoms with Gasteiger partial charge in [0, 0.05) is 32.6 Å². The van der Waals surface area contributed by atoms with Crippen molar-refractivity contribution in [3.8, 4) is 11.4 Å². The van der Waals surface area contributed by atoms with Crippen molar-refractivity contribution in [1.82, 2.24) is 24.9 Å². The van der Waals surface area contributed by atoms with Gasteiger partial charge in [0.2, 0.25) is 5.91 Å². The molecule has 1 amide bonds. The third kappa shape index (κ3) is 4.25. The molecule has 0 bridgehead atoms. The zero-order chi connectivity index (χ0) is 24.6. The number of anilines is 2. The first-order valence-corrected chi connectivity index (χ1v) is 12.4. The van der Waals surface area contributed by atoms with Crippen molar-refractivity contribution in [2.45, 2.75) is 38.3 Å². The molecule has 0 aliphatic carbocycles.